The standard InChI is InChI=1S/C17H25NO4S/c1-16(2,3)10-18(6)23(19,20)11-7-8-13-12(9-11)14-15(21-14)17(4,5)22-13/h7-9,14-15H,10H2,1-6H3/t14-,15-/m1/s1. The molecule has 2 heterocycles. The Bertz CT molecular complexity index is 733. The Morgan fingerprint density at radius 3 is 2.52 bits per heavy atom. The van der Waals surface area contributed by atoms with Gasteiger partial charge in [-0.05, 0) is 37.5 Å². The Balaban J connectivity index is 1.93. The fraction of sp³-hybridized carbons (Fsp3) is 0.647. The van der Waals surface area contributed by atoms with Gasteiger partial charge in [-0.15, -0.1) is 0 Å². The monoisotopic (exact) mass is 339 g/mol. The van der Waals surface area contributed by atoms with Crippen molar-refractivity contribution in [3.05, 3.63) is 23.8 Å². The van der Waals surface area contributed by atoms with Gasteiger partial charge in [-0.25, -0.2) is 12.7 Å². The highest BCUT2D eigenvalue weighted by molar-refractivity contribution is 7.89. The molecule has 0 amide bonds. The van der Waals surface area contributed by atoms with Crippen LogP contribution in [0.4, 0.5) is 0 Å². The van der Waals surface area contributed by atoms with E-state index in [2.05, 4.69) is 0 Å². The molecule has 1 saturated heterocycles. The van der Waals surface area contributed by atoms with E-state index in [1.807, 2.05) is 34.6 Å². The average Bonchev–Trinajstić information content (AvgIpc) is 3.17. The third kappa shape index (κ3) is 2.99. The van der Waals surface area contributed by atoms with E-state index in [1.54, 1.807) is 25.2 Å². The number of epoxide rings is 1. The van der Waals surface area contributed by atoms with Crippen LogP contribution in [-0.2, 0) is 14.8 Å². The molecule has 0 spiro atoms. The Labute approximate surface area is 138 Å². The van der Waals surface area contributed by atoms with Crippen molar-refractivity contribution >= 4 is 10.0 Å². The molecular weight excluding hydrogens is 314 g/mol. The normalized spacial score (nSPS) is 25.5. The van der Waals surface area contributed by atoms with Crippen molar-refractivity contribution < 1.29 is 17.9 Å². The molecule has 2 atom stereocenters. The minimum absolute atomic E-state index is 0.000240. The summed E-state index contributed by atoms with van der Waals surface area (Å²) in [5.74, 6) is 0.714. The molecule has 6 heteroatoms. The van der Waals surface area contributed by atoms with E-state index in [4.69, 9.17) is 9.47 Å². The topological polar surface area (TPSA) is 59.1 Å². The fourth-order valence-electron chi connectivity index (χ4n) is 3.15. The predicted molar refractivity (Wildman–Crippen MR) is 88.0 cm³/mol. The number of fused-ring (bicyclic) bond motifs is 3. The lowest BCUT2D eigenvalue weighted by atomic mass is 9.94. The van der Waals surface area contributed by atoms with E-state index >= 15 is 0 Å². The Morgan fingerprint density at radius 2 is 1.91 bits per heavy atom. The molecule has 128 valence electrons. The first-order valence-electron chi connectivity index (χ1n) is 7.87. The smallest absolute Gasteiger partial charge is 0.242 e. The van der Waals surface area contributed by atoms with Gasteiger partial charge in [0.05, 0.1) is 4.90 Å². The van der Waals surface area contributed by atoms with E-state index in [-0.39, 0.29) is 23.2 Å². The largest absolute Gasteiger partial charge is 0.485 e. The number of hydrogen-bond acceptors (Lipinski definition) is 4. The number of sulfonamides is 1. The summed E-state index contributed by atoms with van der Waals surface area (Å²) in [6.07, 6.45) is -0.0583. The highest BCUT2D eigenvalue weighted by Gasteiger charge is 2.56. The number of rotatable bonds is 3. The highest BCUT2D eigenvalue weighted by Crippen LogP contribution is 2.54. The molecule has 2 aliphatic heterocycles. The van der Waals surface area contributed by atoms with Gasteiger partial charge >= 0.3 is 0 Å². The lowest BCUT2D eigenvalue weighted by Gasteiger charge is -2.30. The van der Waals surface area contributed by atoms with Crippen molar-refractivity contribution in [1.82, 2.24) is 4.31 Å². The number of nitrogens with zero attached hydrogens (tertiary/aromatic N) is 1. The second-order valence-corrected chi connectivity index (χ2v) is 10.2. The van der Waals surface area contributed by atoms with E-state index in [9.17, 15) is 8.42 Å². The van der Waals surface area contributed by atoms with Crippen LogP contribution in [0.5, 0.6) is 5.75 Å². The van der Waals surface area contributed by atoms with E-state index < -0.39 is 10.0 Å². The summed E-state index contributed by atoms with van der Waals surface area (Å²) >= 11 is 0. The summed E-state index contributed by atoms with van der Waals surface area (Å²) < 4.78 is 38.6. The second-order valence-electron chi connectivity index (χ2n) is 8.20. The van der Waals surface area contributed by atoms with Crippen LogP contribution in [0.2, 0.25) is 0 Å². The number of benzene rings is 1. The average molecular weight is 339 g/mol. The van der Waals surface area contributed by atoms with Gasteiger partial charge < -0.3 is 9.47 Å². The maximum Gasteiger partial charge on any atom is 0.242 e. The summed E-state index contributed by atoms with van der Waals surface area (Å²) in [6.45, 7) is 10.5. The van der Waals surface area contributed by atoms with Crippen molar-refractivity contribution in [1.29, 1.82) is 0 Å². The zero-order valence-corrected chi connectivity index (χ0v) is 15.4. The molecule has 0 radical (unpaired) electrons. The molecule has 23 heavy (non-hydrogen) atoms. The lowest BCUT2D eigenvalue weighted by Crippen LogP contribution is -2.38. The van der Waals surface area contributed by atoms with E-state index in [0.29, 0.717) is 17.2 Å². The quantitative estimate of drug-likeness (QED) is 0.795. The first-order valence-corrected chi connectivity index (χ1v) is 9.31. The van der Waals surface area contributed by atoms with Gasteiger partial charge in [0.15, 0.2) is 0 Å². The van der Waals surface area contributed by atoms with Crippen LogP contribution in [0, 0.1) is 5.41 Å². The number of ether oxygens (including phenoxy) is 2. The Hall–Kier alpha value is -1.11. The molecular formula is C17H25NO4S. The zero-order chi connectivity index (χ0) is 17.2. The van der Waals surface area contributed by atoms with E-state index in [0.717, 1.165) is 5.56 Å². The third-order valence-corrected chi connectivity index (χ3v) is 6.04. The maximum atomic E-state index is 12.8. The molecule has 0 unspecified atom stereocenters. The first-order chi connectivity index (χ1) is 10.4. The van der Waals surface area contributed by atoms with Crippen LogP contribution in [0.15, 0.2) is 23.1 Å². The van der Waals surface area contributed by atoms with E-state index in [1.165, 1.54) is 4.31 Å². The van der Waals surface area contributed by atoms with Crippen LogP contribution < -0.4 is 4.74 Å². The van der Waals surface area contributed by atoms with Gasteiger partial charge in [0.1, 0.15) is 23.6 Å². The van der Waals surface area contributed by atoms with Crippen molar-refractivity contribution in [3.63, 3.8) is 0 Å². The van der Waals surface area contributed by atoms with Gasteiger partial charge in [0, 0.05) is 19.2 Å². The summed E-state index contributed by atoms with van der Waals surface area (Å²) in [5.41, 5.74) is 0.356. The van der Waals surface area contributed by atoms with Crippen LogP contribution in [0.3, 0.4) is 0 Å². The molecule has 1 aromatic carbocycles. The molecule has 1 aromatic rings. The van der Waals surface area contributed by atoms with Gasteiger partial charge in [-0.1, -0.05) is 20.8 Å². The summed E-state index contributed by atoms with van der Waals surface area (Å²) in [6, 6.07) is 5.06. The van der Waals surface area contributed by atoms with Gasteiger partial charge in [0.2, 0.25) is 10.0 Å². The van der Waals surface area contributed by atoms with Gasteiger partial charge in [0.25, 0.3) is 0 Å². The molecule has 1 fully saturated rings. The summed E-state index contributed by atoms with van der Waals surface area (Å²) in [5, 5.41) is 0. The van der Waals surface area contributed by atoms with Gasteiger partial charge in [-0.2, -0.15) is 0 Å². The van der Waals surface area contributed by atoms with Crippen molar-refractivity contribution in [2.75, 3.05) is 13.6 Å². The first kappa shape index (κ1) is 16.7. The molecule has 3 rings (SSSR count). The summed E-state index contributed by atoms with van der Waals surface area (Å²) in [7, 11) is -1.90. The predicted octanol–water partition coefficient (Wildman–Crippen LogP) is 2.96. The van der Waals surface area contributed by atoms with Crippen LogP contribution in [0.1, 0.15) is 46.3 Å². The molecule has 0 aromatic heterocycles. The molecule has 0 saturated carbocycles. The molecule has 0 aliphatic carbocycles. The molecule has 0 bridgehead atoms. The van der Waals surface area contributed by atoms with Crippen molar-refractivity contribution in [2.45, 2.75) is 57.3 Å². The molecule has 5 nitrogen and oxygen atoms in total. The minimum Gasteiger partial charge on any atom is -0.485 e. The van der Waals surface area contributed by atoms with Gasteiger partial charge in [-0.3, -0.25) is 0 Å². The lowest BCUT2D eigenvalue weighted by molar-refractivity contribution is 0.0724. The fourth-order valence-corrected chi connectivity index (χ4v) is 4.59. The molecule has 2 aliphatic rings. The van der Waals surface area contributed by atoms with Crippen LogP contribution in [0.25, 0.3) is 0 Å². The highest BCUT2D eigenvalue weighted by atomic mass is 32.2. The number of hydrogen-bond donors (Lipinski definition) is 0. The second kappa shape index (κ2) is 4.94. The zero-order valence-electron chi connectivity index (χ0n) is 14.6. The molecule has 0 N–H and O–H groups in total. The van der Waals surface area contributed by atoms with Crippen LogP contribution >= 0.6 is 0 Å². The SMILES string of the molecule is CN(CC(C)(C)C)S(=O)(=O)c1ccc2c(c1)[C@H]1O[C@H]1C(C)(C)O2. The Kier molecular flexibility index (Phi) is 3.60. The van der Waals surface area contributed by atoms with Crippen molar-refractivity contribution in [3.8, 4) is 5.75 Å². The van der Waals surface area contributed by atoms with Crippen LogP contribution in [-0.4, -0.2) is 38.0 Å². The summed E-state index contributed by atoms with van der Waals surface area (Å²) in [4.78, 5) is 0.292. The van der Waals surface area contributed by atoms with Crippen molar-refractivity contribution in [2.24, 2.45) is 5.41 Å². The third-order valence-electron chi connectivity index (χ3n) is 4.24. The maximum absolute atomic E-state index is 12.8. The minimum atomic E-state index is -3.52. The Morgan fingerprint density at radius 1 is 1.26 bits per heavy atom.